The third-order valence-corrected chi connectivity index (χ3v) is 5.11. The molecule has 0 radical (unpaired) electrons. The Balaban J connectivity index is 1.83. The molecular weight excluding hydrogens is 324 g/mol. The number of hydrogen-bond donors (Lipinski definition) is 2. The van der Waals surface area contributed by atoms with Crippen LogP contribution >= 0.6 is 11.3 Å². The molecule has 0 atom stereocenters. The van der Waals surface area contributed by atoms with Crippen molar-refractivity contribution < 1.29 is 9.59 Å². The van der Waals surface area contributed by atoms with Crippen molar-refractivity contribution in [3.63, 3.8) is 0 Å². The molecule has 2 heterocycles. The van der Waals surface area contributed by atoms with Crippen molar-refractivity contribution in [2.75, 3.05) is 12.4 Å². The minimum Gasteiger partial charge on any atom is -0.354 e. The highest BCUT2D eigenvalue weighted by Gasteiger charge is 2.31. The molecule has 1 aromatic carbocycles. The van der Waals surface area contributed by atoms with Crippen LogP contribution in [-0.2, 0) is 4.79 Å². The number of nitrogens with zero attached hydrogens (tertiary/aromatic N) is 2. The minimum absolute atomic E-state index is 0.00213. The van der Waals surface area contributed by atoms with Gasteiger partial charge in [-0.3, -0.25) is 9.59 Å². The highest BCUT2D eigenvalue weighted by atomic mass is 32.1. The number of rotatable bonds is 4. The molecule has 1 fully saturated rings. The monoisotopic (exact) mass is 340 g/mol. The average molecular weight is 340 g/mol. The van der Waals surface area contributed by atoms with E-state index in [1.165, 1.54) is 11.3 Å². The molecule has 6 nitrogen and oxygen atoms in total. The van der Waals surface area contributed by atoms with Crippen molar-refractivity contribution in [2.24, 2.45) is 5.92 Å². The summed E-state index contributed by atoms with van der Waals surface area (Å²) in [4.78, 5) is 25.5. The molecule has 1 aliphatic rings. The smallest absolute Gasteiger partial charge is 0.261 e. The SMILES string of the molecule is CNC(=O)c1cc2c(NC(=O)C3CC3)nn(-c3ccccc3)c2s1. The zero-order chi connectivity index (χ0) is 16.7. The summed E-state index contributed by atoms with van der Waals surface area (Å²) >= 11 is 1.36. The molecule has 3 aromatic rings. The molecule has 2 amide bonds. The molecular formula is C17H16N4O2S. The maximum absolute atomic E-state index is 12.1. The number of carbonyl (C=O) groups is 2. The van der Waals surface area contributed by atoms with E-state index in [-0.39, 0.29) is 17.7 Å². The summed E-state index contributed by atoms with van der Waals surface area (Å²) < 4.78 is 1.77. The fourth-order valence-electron chi connectivity index (χ4n) is 2.54. The van der Waals surface area contributed by atoms with Crippen molar-refractivity contribution in [3.05, 3.63) is 41.3 Å². The van der Waals surface area contributed by atoms with Gasteiger partial charge in [0.15, 0.2) is 5.82 Å². The fourth-order valence-corrected chi connectivity index (χ4v) is 3.62. The molecule has 0 saturated heterocycles. The van der Waals surface area contributed by atoms with Gasteiger partial charge in [0.2, 0.25) is 5.91 Å². The topological polar surface area (TPSA) is 76.0 Å². The van der Waals surface area contributed by atoms with E-state index in [1.807, 2.05) is 30.3 Å². The third kappa shape index (κ3) is 2.56. The van der Waals surface area contributed by atoms with Crippen molar-refractivity contribution >= 4 is 39.2 Å². The van der Waals surface area contributed by atoms with Gasteiger partial charge in [-0.25, -0.2) is 4.68 Å². The van der Waals surface area contributed by atoms with Crippen molar-refractivity contribution in [1.29, 1.82) is 0 Å². The summed E-state index contributed by atoms with van der Waals surface area (Å²) in [5, 5.41) is 10.9. The Morgan fingerprint density at radius 3 is 2.67 bits per heavy atom. The Morgan fingerprint density at radius 2 is 2.00 bits per heavy atom. The molecule has 0 bridgehead atoms. The first-order valence-electron chi connectivity index (χ1n) is 7.78. The van der Waals surface area contributed by atoms with E-state index in [0.29, 0.717) is 10.7 Å². The van der Waals surface area contributed by atoms with Crippen molar-refractivity contribution in [3.8, 4) is 5.69 Å². The molecule has 4 rings (SSSR count). The lowest BCUT2D eigenvalue weighted by Crippen LogP contribution is -2.16. The van der Waals surface area contributed by atoms with Gasteiger partial charge in [0.25, 0.3) is 5.91 Å². The first-order chi connectivity index (χ1) is 11.7. The van der Waals surface area contributed by atoms with Crippen LogP contribution in [0.4, 0.5) is 5.82 Å². The minimum atomic E-state index is -0.143. The first-order valence-corrected chi connectivity index (χ1v) is 8.60. The molecule has 1 saturated carbocycles. The summed E-state index contributed by atoms with van der Waals surface area (Å²) in [7, 11) is 1.60. The Labute approximate surface area is 142 Å². The van der Waals surface area contributed by atoms with E-state index >= 15 is 0 Å². The molecule has 0 aliphatic heterocycles. The normalized spacial score (nSPS) is 13.9. The maximum Gasteiger partial charge on any atom is 0.261 e. The number of fused-ring (bicyclic) bond motifs is 1. The molecule has 2 aromatic heterocycles. The zero-order valence-corrected chi connectivity index (χ0v) is 13.9. The van der Waals surface area contributed by atoms with Crippen molar-refractivity contribution in [2.45, 2.75) is 12.8 Å². The van der Waals surface area contributed by atoms with Gasteiger partial charge in [-0.15, -0.1) is 16.4 Å². The highest BCUT2D eigenvalue weighted by Crippen LogP contribution is 2.35. The number of thiophene rings is 1. The molecule has 0 spiro atoms. The van der Waals surface area contributed by atoms with Crippen LogP contribution in [0.15, 0.2) is 36.4 Å². The van der Waals surface area contributed by atoms with Crippen LogP contribution in [0.1, 0.15) is 22.5 Å². The lowest BCUT2D eigenvalue weighted by molar-refractivity contribution is -0.117. The Bertz CT molecular complexity index is 925. The third-order valence-electron chi connectivity index (χ3n) is 4.00. The number of hydrogen-bond acceptors (Lipinski definition) is 4. The summed E-state index contributed by atoms with van der Waals surface area (Å²) in [6.45, 7) is 0. The van der Waals surface area contributed by atoms with Gasteiger partial charge in [0.1, 0.15) is 4.83 Å². The summed E-state index contributed by atoms with van der Waals surface area (Å²) in [5.74, 6) is 0.466. The van der Waals surface area contributed by atoms with E-state index in [0.717, 1.165) is 28.7 Å². The number of benzene rings is 1. The van der Waals surface area contributed by atoms with Crippen LogP contribution in [0.2, 0.25) is 0 Å². The number of amides is 2. The number of nitrogens with one attached hydrogen (secondary N) is 2. The van der Waals surface area contributed by atoms with E-state index in [9.17, 15) is 9.59 Å². The molecule has 24 heavy (non-hydrogen) atoms. The highest BCUT2D eigenvalue weighted by molar-refractivity contribution is 7.20. The molecule has 2 N–H and O–H groups in total. The second-order valence-electron chi connectivity index (χ2n) is 5.77. The van der Waals surface area contributed by atoms with Crippen LogP contribution < -0.4 is 10.6 Å². The van der Waals surface area contributed by atoms with Gasteiger partial charge >= 0.3 is 0 Å². The van der Waals surface area contributed by atoms with Crippen LogP contribution in [0.5, 0.6) is 0 Å². The predicted molar refractivity (Wildman–Crippen MR) is 93.7 cm³/mol. The molecule has 7 heteroatoms. The maximum atomic E-state index is 12.1. The van der Waals surface area contributed by atoms with Crippen LogP contribution in [0, 0.1) is 5.92 Å². The second kappa shape index (κ2) is 5.76. The number of carbonyl (C=O) groups excluding carboxylic acids is 2. The molecule has 122 valence electrons. The van der Waals surface area contributed by atoms with Crippen LogP contribution in [-0.4, -0.2) is 28.6 Å². The quantitative estimate of drug-likeness (QED) is 0.767. The molecule has 1 aliphatic carbocycles. The van der Waals surface area contributed by atoms with Crippen LogP contribution in [0.3, 0.4) is 0 Å². The summed E-state index contributed by atoms with van der Waals surface area (Å²) in [5.41, 5.74) is 0.889. The van der Waals surface area contributed by atoms with E-state index in [1.54, 1.807) is 17.8 Å². The second-order valence-corrected chi connectivity index (χ2v) is 6.80. The standard InChI is InChI=1S/C17H16N4O2S/c1-18-16(23)13-9-12-14(19-15(22)10-7-8-10)20-21(17(12)24-13)11-5-3-2-4-6-11/h2-6,9-10H,7-8H2,1H3,(H,18,23)(H,19,20,22). The van der Waals surface area contributed by atoms with Gasteiger partial charge in [0, 0.05) is 13.0 Å². The lowest BCUT2D eigenvalue weighted by Gasteiger charge is -2.02. The Morgan fingerprint density at radius 1 is 1.25 bits per heavy atom. The van der Waals surface area contributed by atoms with E-state index in [2.05, 4.69) is 15.7 Å². The van der Waals surface area contributed by atoms with Crippen molar-refractivity contribution in [1.82, 2.24) is 15.1 Å². The first kappa shape index (κ1) is 14.9. The van der Waals surface area contributed by atoms with Gasteiger partial charge in [0.05, 0.1) is 16.0 Å². The van der Waals surface area contributed by atoms with E-state index < -0.39 is 0 Å². The number of para-hydroxylation sites is 1. The van der Waals surface area contributed by atoms with Crippen LogP contribution in [0.25, 0.3) is 15.9 Å². The lowest BCUT2D eigenvalue weighted by atomic mass is 10.3. The number of aromatic nitrogens is 2. The predicted octanol–water partition coefficient (Wildman–Crippen LogP) is 2.80. The summed E-state index contributed by atoms with van der Waals surface area (Å²) in [6, 6.07) is 11.5. The van der Waals surface area contributed by atoms with Gasteiger partial charge in [-0.1, -0.05) is 18.2 Å². The Kier molecular flexibility index (Phi) is 3.57. The van der Waals surface area contributed by atoms with Gasteiger partial charge in [-0.05, 0) is 31.0 Å². The fraction of sp³-hybridized carbons (Fsp3) is 0.235. The Hall–Kier alpha value is -2.67. The zero-order valence-electron chi connectivity index (χ0n) is 13.1. The molecule has 0 unspecified atom stereocenters. The number of anilines is 1. The van der Waals surface area contributed by atoms with Gasteiger partial charge < -0.3 is 10.6 Å². The van der Waals surface area contributed by atoms with E-state index in [4.69, 9.17) is 0 Å². The summed E-state index contributed by atoms with van der Waals surface area (Å²) in [6.07, 6.45) is 1.86. The van der Waals surface area contributed by atoms with Gasteiger partial charge in [-0.2, -0.15) is 0 Å². The largest absolute Gasteiger partial charge is 0.354 e. The average Bonchev–Trinajstić information content (AvgIpc) is 3.29.